The lowest BCUT2D eigenvalue weighted by Crippen LogP contribution is -2.57. The Labute approximate surface area is 141 Å². The molecule has 2 amide bonds. The van der Waals surface area contributed by atoms with Crippen LogP contribution in [0, 0.1) is 11.8 Å². The van der Waals surface area contributed by atoms with Crippen LogP contribution in [0.4, 0.5) is 4.79 Å². The van der Waals surface area contributed by atoms with Crippen LogP contribution in [0.25, 0.3) is 0 Å². The second-order valence-electron chi connectivity index (χ2n) is 7.47. The van der Waals surface area contributed by atoms with Crippen molar-refractivity contribution in [2.75, 3.05) is 39.8 Å². The maximum absolute atomic E-state index is 12.6. The molecule has 134 valence electrons. The zero-order valence-electron chi connectivity index (χ0n) is 15.4. The number of piperidine rings is 2. The molecule has 2 fully saturated rings. The second kappa shape index (κ2) is 8.88. The Morgan fingerprint density at radius 2 is 2.09 bits per heavy atom. The van der Waals surface area contributed by atoms with Crippen LogP contribution >= 0.6 is 0 Å². The monoisotopic (exact) mass is 325 g/mol. The van der Waals surface area contributed by atoms with Crippen molar-refractivity contribution < 1.29 is 9.53 Å². The molecular formula is C18H35N3O2. The summed E-state index contributed by atoms with van der Waals surface area (Å²) < 4.78 is 5.76. The first-order valence-corrected chi connectivity index (χ1v) is 9.37. The van der Waals surface area contributed by atoms with Crippen LogP contribution in [-0.2, 0) is 4.74 Å². The molecule has 0 aromatic heterocycles. The molecule has 5 heteroatoms. The van der Waals surface area contributed by atoms with Gasteiger partial charge in [0.05, 0.1) is 6.10 Å². The Balaban J connectivity index is 1.80. The summed E-state index contributed by atoms with van der Waals surface area (Å²) in [5, 5.41) is 3.13. The van der Waals surface area contributed by atoms with Gasteiger partial charge < -0.3 is 19.9 Å². The quantitative estimate of drug-likeness (QED) is 0.816. The number of ether oxygens (including phenoxy) is 1. The number of hydrogen-bond acceptors (Lipinski definition) is 3. The lowest BCUT2D eigenvalue weighted by atomic mass is 9.84. The average Bonchev–Trinajstić information content (AvgIpc) is 2.52. The number of nitrogens with zero attached hydrogens (tertiary/aromatic N) is 2. The van der Waals surface area contributed by atoms with Crippen LogP contribution in [-0.4, -0.2) is 67.8 Å². The Hall–Kier alpha value is -0.810. The predicted molar refractivity (Wildman–Crippen MR) is 93.6 cm³/mol. The minimum absolute atomic E-state index is 0.128. The molecule has 0 aromatic rings. The summed E-state index contributed by atoms with van der Waals surface area (Å²) in [5.74, 6) is 1.14. The molecule has 0 unspecified atom stereocenters. The number of rotatable bonds is 6. The molecule has 2 saturated heterocycles. The largest absolute Gasteiger partial charge is 0.378 e. The van der Waals surface area contributed by atoms with E-state index in [0.29, 0.717) is 24.4 Å². The van der Waals surface area contributed by atoms with Gasteiger partial charge in [-0.05, 0) is 58.0 Å². The van der Waals surface area contributed by atoms with Crippen molar-refractivity contribution in [1.82, 2.24) is 15.1 Å². The third kappa shape index (κ3) is 5.08. The molecule has 2 aliphatic rings. The first-order chi connectivity index (χ1) is 11.0. The highest BCUT2D eigenvalue weighted by Crippen LogP contribution is 2.30. The highest BCUT2D eigenvalue weighted by molar-refractivity contribution is 5.74. The number of nitrogens with one attached hydrogen (secondary N) is 1. The Morgan fingerprint density at radius 1 is 1.30 bits per heavy atom. The van der Waals surface area contributed by atoms with E-state index < -0.39 is 0 Å². The van der Waals surface area contributed by atoms with E-state index in [2.05, 4.69) is 36.0 Å². The van der Waals surface area contributed by atoms with Gasteiger partial charge in [-0.25, -0.2) is 4.79 Å². The van der Waals surface area contributed by atoms with Crippen molar-refractivity contribution in [3.05, 3.63) is 0 Å². The molecular weight excluding hydrogens is 290 g/mol. The van der Waals surface area contributed by atoms with Gasteiger partial charge in [-0.15, -0.1) is 0 Å². The molecule has 3 atom stereocenters. The molecule has 0 bridgehead atoms. The number of fused-ring (bicyclic) bond motifs is 1. The molecule has 1 N–H and O–H groups in total. The van der Waals surface area contributed by atoms with E-state index in [-0.39, 0.29) is 12.1 Å². The third-order valence-electron chi connectivity index (χ3n) is 5.36. The highest BCUT2D eigenvalue weighted by atomic mass is 16.5. The smallest absolute Gasteiger partial charge is 0.317 e. The van der Waals surface area contributed by atoms with Crippen LogP contribution < -0.4 is 5.32 Å². The van der Waals surface area contributed by atoms with Gasteiger partial charge in [0, 0.05) is 32.3 Å². The first kappa shape index (κ1) is 18.5. The highest BCUT2D eigenvalue weighted by Gasteiger charge is 2.37. The van der Waals surface area contributed by atoms with Gasteiger partial charge in [0.1, 0.15) is 0 Å². The van der Waals surface area contributed by atoms with Gasteiger partial charge in [0.2, 0.25) is 0 Å². The maximum atomic E-state index is 12.6. The number of urea groups is 1. The van der Waals surface area contributed by atoms with E-state index in [4.69, 9.17) is 4.74 Å². The fourth-order valence-electron chi connectivity index (χ4n) is 4.08. The summed E-state index contributed by atoms with van der Waals surface area (Å²) >= 11 is 0. The summed E-state index contributed by atoms with van der Waals surface area (Å²) in [6.07, 6.45) is 4.64. The van der Waals surface area contributed by atoms with Crippen molar-refractivity contribution in [2.45, 2.75) is 58.6 Å². The van der Waals surface area contributed by atoms with Crippen molar-refractivity contribution in [3.8, 4) is 0 Å². The maximum Gasteiger partial charge on any atom is 0.317 e. The molecule has 0 saturated carbocycles. The van der Waals surface area contributed by atoms with E-state index in [9.17, 15) is 4.79 Å². The predicted octanol–water partition coefficient (Wildman–Crippen LogP) is 2.56. The van der Waals surface area contributed by atoms with Crippen LogP contribution in [0.1, 0.15) is 46.5 Å². The molecule has 0 radical (unpaired) electrons. The van der Waals surface area contributed by atoms with Gasteiger partial charge in [-0.3, -0.25) is 0 Å². The summed E-state index contributed by atoms with van der Waals surface area (Å²) in [5.41, 5.74) is 0. The van der Waals surface area contributed by atoms with Crippen LogP contribution in [0.15, 0.2) is 0 Å². The Bertz CT molecular complexity index is 375. The van der Waals surface area contributed by atoms with Crippen molar-refractivity contribution in [3.63, 3.8) is 0 Å². The fourth-order valence-corrected chi connectivity index (χ4v) is 4.08. The van der Waals surface area contributed by atoms with E-state index in [0.717, 1.165) is 45.5 Å². The zero-order chi connectivity index (χ0) is 16.8. The standard InChI is InChI=1S/C18H35N3O2/c1-5-23-17(14(2)3)8-10-19-18(22)21-11-6-7-15-13-20(4)12-9-16(15)21/h14-17H,5-13H2,1-4H3,(H,19,22)/t15-,16+,17-/m1/s1. The zero-order valence-corrected chi connectivity index (χ0v) is 15.4. The minimum atomic E-state index is 0.128. The normalized spacial score (nSPS) is 26.9. The molecule has 23 heavy (non-hydrogen) atoms. The molecule has 0 aromatic carbocycles. The third-order valence-corrected chi connectivity index (χ3v) is 5.36. The van der Waals surface area contributed by atoms with Crippen LogP contribution in [0.2, 0.25) is 0 Å². The van der Waals surface area contributed by atoms with Gasteiger partial charge >= 0.3 is 6.03 Å². The van der Waals surface area contributed by atoms with E-state index in [1.165, 1.54) is 6.42 Å². The lowest BCUT2D eigenvalue weighted by molar-refractivity contribution is 0.0242. The average molecular weight is 325 g/mol. The minimum Gasteiger partial charge on any atom is -0.378 e. The van der Waals surface area contributed by atoms with E-state index in [1.54, 1.807) is 0 Å². The van der Waals surface area contributed by atoms with Gasteiger partial charge in [-0.2, -0.15) is 0 Å². The molecule has 0 spiro atoms. The van der Waals surface area contributed by atoms with Crippen molar-refractivity contribution >= 4 is 6.03 Å². The summed E-state index contributed by atoms with van der Waals surface area (Å²) in [4.78, 5) is 17.1. The number of carbonyl (C=O) groups excluding carboxylic acids is 1. The molecule has 2 rings (SSSR count). The molecule has 5 nitrogen and oxygen atoms in total. The molecule has 0 aliphatic carbocycles. The SMILES string of the molecule is CCO[C@H](CCNC(=O)N1CCC[C@@H]2CN(C)CC[C@@H]21)C(C)C. The summed E-state index contributed by atoms with van der Waals surface area (Å²) in [6.45, 7) is 11.0. The number of carbonyl (C=O) groups is 1. The van der Waals surface area contributed by atoms with Crippen LogP contribution in [0.3, 0.4) is 0 Å². The van der Waals surface area contributed by atoms with Gasteiger partial charge in [0.15, 0.2) is 0 Å². The molecule has 2 heterocycles. The fraction of sp³-hybridized carbons (Fsp3) is 0.944. The van der Waals surface area contributed by atoms with Gasteiger partial charge in [0.25, 0.3) is 0 Å². The van der Waals surface area contributed by atoms with Crippen LogP contribution in [0.5, 0.6) is 0 Å². The number of hydrogen-bond donors (Lipinski definition) is 1. The van der Waals surface area contributed by atoms with Crippen molar-refractivity contribution in [2.24, 2.45) is 11.8 Å². The second-order valence-corrected chi connectivity index (χ2v) is 7.47. The first-order valence-electron chi connectivity index (χ1n) is 9.37. The van der Waals surface area contributed by atoms with Crippen molar-refractivity contribution in [1.29, 1.82) is 0 Å². The molecule has 2 aliphatic heterocycles. The lowest BCUT2D eigenvalue weighted by Gasteiger charge is -2.46. The topological polar surface area (TPSA) is 44.8 Å². The summed E-state index contributed by atoms with van der Waals surface area (Å²) in [7, 11) is 2.19. The number of likely N-dealkylation sites (tertiary alicyclic amines) is 2. The van der Waals surface area contributed by atoms with E-state index in [1.807, 2.05) is 6.92 Å². The number of amides is 2. The Morgan fingerprint density at radius 3 is 2.78 bits per heavy atom. The Kier molecular flexibility index (Phi) is 7.15. The van der Waals surface area contributed by atoms with E-state index >= 15 is 0 Å². The summed E-state index contributed by atoms with van der Waals surface area (Å²) in [6, 6.07) is 0.566. The van der Waals surface area contributed by atoms with Gasteiger partial charge in [-0.1, -0.05) is 13.8 Å².